The van der Waals surface area contributed by atoms with E-state index in [0.29, 0.717) is 46.1 Å². The van der Waals surface area contributed by atoms with Crippen LogP contribution < -0.4 is 15.2 Å². The standard InChI is InChI=1S/C13H14BrN3O3/c1-17-13(15)7(6-16-17)10-11(18)8(14)5-9-12(10)20-4-2-3-19-9/h5-6,18H,2-4,15H2,1H3. The molecule has 0 saturated carbocycles. The van der Waals surface area contributed by atoms with Gasteiger partial charge in [-0.2, -0.15) is 5.10 Å². The van der Waals surface area contributed by atoms with Gasteiger partial charge in [0.05, 0.1) is 35.0 Å². The summed E-state index contributed by atoms with van der Waals surface area (Å²) in [6.07, 6.45) is 2.39. The number of rotatable bonds is 1. The first-order chi connectivity index (χ1) is 9.59. The van der Waals surface area contributed by atoms with Crippen molar-refractivity contribution in [3.63, 3.8) is 0 Å². The summed E-state index contributed by atoms with van der Waals surface area (Å²) in [4.78, 5) is 0. The van der Waals surface area contributed by atoms with Gasteiger partial charge in [-0.25, -0.2) is 0 Å². The summed E-state index contributed by atoms with van der Waals surface area (Å²) in [7, 11) is 1.74. The SMILES string of the molecule is Cn1ncc(-c2c(O)c(Br)cc3c2OCCCO3)c1N. The van der Waals surface area contributed by atoms with E-state index in [9.17, 15) is 5.11 Å². The maximum absolute atomic E-state index is 10.4. The van der Waals surface area contributed by atoms with Crippen LogP contribution in [0.3, 0.4) is 0 Å². The number of aryl methyl sites for hydroxylation is 1. The molecule has 0 atom stereocenters. The Bertz CT molecular complexity index is 669. The average molecular weight is 340 g/mol. The van der Waals surface area contributed by atoms with Gasteiger partial charge >= 0.3 is 0 Å². The van der Waals surface area contributed by atoms with E-state index in [0.717, 1.165) is 6.42 Å². The largest absolute Gasteiger partial charge is 0.506 e. The molecular weight excluding hydrogens is 326 g/mol. The van der Waals surface area contributed by atoms with E-state index in [-0.39, 0.29) is 5.75 Å². The maximum Gasteiger partial charge on any atom is 0.172 e. The molecule has 0 bridgehead atoms. The summed E-state index contributed by atoms with van der Waals surface area (Å²) >= 11 is 3.33. The number of benzene rings is 1. The monoisotopic (exact) mass is 339 g/mol. The van der Waals surface area contributed by atoms with Crippen molar-refractivity contribution in [1.29, 1.82) is 0 Å². The number of ether oxygens (including phenoxy) is 2. The predicted molar refractivity (Wildman–Crippen MR) is 78.0 cm³/mol. The summed E-state index contributed by atoms with van der Waals surface area (Å²) in [6, 6.07) is 1.70. The molecule has 1 aliphatic heterocycles. The molecule has 0 fully saturated rings. The number of hydrogen-bond donors (Lipinski definition) is 2. The summed E-state index contributed by atoms with van der Waals surface area (Å²) in [6.45, 7) is 1.10. The normalized spacial score (nSPS) is 14.1. The van der Waals surface area contributed by atoms with Gasteiger partial charge in [0.2, 0.25) is 0 Å². The van der Waals surface area contributed by atoms with Crippen LogP contribution >= 0.6 is 15.9 Å². The molecule has 20 heavy (non-hydrogen) atoms. The highest BCUT2D eigenvalue weighted by Gasteiger charge is 2.25. The lowest BCUT2D eigenvalue weighted by Gasteiger charge is -2.15. The lowest BCUT2D eigenvalue weighted by Crippen LogP contribution is -2.00. The average Bonchev–Trinajstić information content (AvgIpc) is 2.65. The van der Waals surface area contributed by atoms with Gasteiger partial charge in [0.25, 0.3) is 0 Å². The van der Waals surface area contributed by atoms with E-state index in [1.165, 1.54) is 0 Å². The fourth-order valence-electron chi connectivity index (χ4n) is 2.15. The molecule has 2 heterocycles. The Morgan fingerprint density at radius 3 is 2.85 bits per heavy atom. The van der Waals surface area contributed by atoms with Gasteiger partial charge < -0.3 is 20.3 Å². The molecule has 0 unspecified atom stereocenters. The van der Waals surface area contributed by atoms with Crippen molar-refractivity contribution in [1.82, 2.24) is 9.78 Å². The van der Waals surface area contributed by atoms with Crippen LogP contribution in [0.15, 0.2) is 16.7 Å². The lowest BCUT2D eigenvalue weighted by atomic mass is 10.1. The molecule has 2 aromatic rings. The van der Waals surface area contributed by atoms with Gasteiger partial charge in [-0.15, -0.1) is 0 Å². The van der Waals surface area contributed by atoms with Crippen LogP contribution in [-0.2, 0) is 7.05 Å². The van der Waals surface area contributed by atoms with Crippen molar-refractivity contribution in [2.45, 2.75) is 6.42 Å². The van der Waals surface area contributed by atoms with Gasteiger partial charge in [-0.3, -0.25) is 4.68 Å². The van der Waals surface area contributed by atoms with Crippen LogP contribution in [0.5, 0.6) is 17.2 Å². The summed E-state index contributed by atoms with van der Waals surface area (Å²) in [5.74, 6) is 1.61. The molecule has 0 spiro atoms. The summed E-state index contributed by atoms with van der Waals surface area (Å²) in [5, 5.41) is 14.5. The van der Waals surface area contributed by atoms with Crippen molar-refractivity contribution in [3.8, 4) is 28.4 Å². The third-order valence-corrected chi connectivity index (χ3v) is 3.82. The van der Waals surface area contributed by atoms with E-state index in [2.05, 4.69) is 21.0 Å². The third-order valence-electron chi connectivity index (χ3n) is 3.22. The van der Waals surface area contributed by atoms with E-state index in [4.69, 9.17) is 15.2 Å². The Labute approximate surface area is 124 Å². The second-order valence-corrected chi connectivity index (χ2v) is 5.38. The first kappa shape index (κ1) is 13.1. The van der Waals surface area contributed by atoms with Gasteiger partial charge in [0.1, 0.15) is 11.6 Å². The van der Waals surface area contributed by atoms with Gasteiger partial charge in [-0.05, 0) is 15.9 Å². The first-order valence-electron chi connectivity index (χ1n) is 6.18. The number of hydrogen-bond acceptors (Lipinski definition) is 5. The van der Waals surface area contributed by atoms with Crippen LogP contribution in [0, 0.1) is 0 Å². The van der Waals surface area contributed by atoms with Gasteiger partial charge in [0.15, 0.2) is 11.5 Å². The van der Waals surface area contributed by atoms with Gasteiger partial charge in [-0.1, -0.05) is 0 Å². The zero-order valence-electron chi connectivity index (χ0n) is 10.9. The quantitative estimate of drug-likeness (QED) is 0.832. The minimum Gasteiger partial charge on any atom is -0.506 e. The number of fused-ring (bicyclic) bond motifs is 1. The highest BCUT2D eigenvalue weighted by atomic mass is 79.9. The Hall–Kier alpha value is -1.89. The van der Waals surface area contributed by atoms with E-state index >= 15 is 0 Å². The Morgan fingerprint density at radius 2 is 2.15 bits per heavy atom. The number of nitrogens with two attached hydrogens (primary N) is 1. The van der Waals surface area contributed by atoms with Crippen molar-refractivity contribution < 1.29 is 14.6 Å². The number of aromatic hydroxyl groups is 1. The molecule has 106 valence electrons. The van der Waals surface area contributed by atoms with E-state index in [1.807, 2.05) is 0 Å². The fraction of sp³-hybridized carbons (Fsp3) is 0.308. The van der Waals surface area contributed by atoms with Crippen molar-refractivity contribution >= 4 is 21.7 Å². The van der Waals surface area contributed by atoms with Crippen LogP contribution in [-0.4, -0.2) is 28.1 Å². The molecule has 0 saturated heterocycles. The molecule has 0 radical (unpaired) electrons. The first-order valence-corrected chi connectivity index (χ1v) is 6.97. The fourth-order valence-corrected chi connectivity index (χ4v) is 2.56. The smallest absolute Gasteiger partial charge is 0.172 e. The Kier molecular flexibility index (Phi) is 3.21. The number of phenols is 1. The molecule has 7 heteroatoms. The van der Waals surface area contributed by atoms with Crippen LogP contribution in [0.1, 0.15) is 6.42 Å². The predicted octanol–water partition coefficient (Wildman–Crippen LogP) is 2.30. The minimum atomic E-state index is 0.0638. The molecule has 6 nitrogen and oxygen atoms in total. The van der Waals surface area contributed by atoms with E-state index in [1.54, 1.807) is 24.0 Å². The van der Waals surface area contributed by atoms with Crippen LogP contribution in [0.2, 0.25) is 0 Å². The number of phenolic OH excluding ortho intramolecular Hbond substituents is 1. The number of nitrogens with zero attached hydrogens (tertiary/aromatic N) is 2. The molecule has 1 aromatic heterocycles. The van der Waals surface area contributed by atoms with Gasteiger partial charge in [0, 0.05) is 19.5 Å². The molecule has 1 aromatic carbocycles. The Balaban J connectivity index is 2.28. The Morgan fingerprint density at radius 1 is 1.40 bits per heavy atom. The molecule has 1 aliphatic rings. The highest BCUT2D eigenvalue weighted by molar-refractivity contribution is 9.10. The van der Waals surface area contributed by atoms with Crippen LogP contribution in [0.4, 0.5) is 5.82 Å². The summed E-state index contributed by atoms with van der Waals surface area (Å²) < 4.78 is 13.5. The van der Waals surface area contributed by atoms with Crippen molar-refractivity contribution in [2.24, 2.45) is 7.05 Å². The number of nitrogen functional groups attached to an aromatic ring is 1. The van der Waals surface area contributed by atoms with Crippen molar-refractivity contribution in [3.05, 3.63) is 16.7 Å². The summed E-state index contributed by atoms with van der Waals surface area (Å²) in [5.41, 5.74) is 7.12. The topological polar surface area (TPSA) is 82.5 Å². The second-order valence-electron chi connectivity index (χ2n) is 4.53. The lowest BCUT2D eigenvalue weighted by molar-refractivity contribution is 0.297. The van der Waals surface area contributed by atoms with Crippen LogP contribution in [0.25, 0.3) is 11.1 Å². The number of aromatic nitrogens is 2. The molecule has 0 aliphatic carbocycles. The molecule has 0 amide bonds. The van der Waals surface area contributed by atoms with Crippen molar-refractivity contribution in [2.75, 3.05) is 18.9 Å². The molecule has 3 rings (SSSR count). The minimum absolute atomic E-state index is 0.0638. The second kappa shape index (κ2) is 4.90. The zero-order chi connectivity index (χ0) is 14.3. The number of halogens is 1. The maximum atomic E-state index is 10.4. The zero-order valence-corrected chi connectivity index (χ0v) is 12.5. The van der Waals surface area contributed by atoms with E-state index < -0.39 is 0 Å². The highest BCUT2D eigenvalue weighted by Crippen LogP contribution is 2.50. The molecule has 3 N–H and O–H groups in total. The third kappa shape index (κ3) is 1.98. The molecular formula is C13H14BrN3O3. The number of anilines is 1.